The quantitative estimate of drug-likeness (QED) is 0.611. The molecule has 20 heavy (non-hydrogen) atoms. The van der Waals surface area contributed by atoms with E-state index >= 15 is 0 Å². The topological polar surface area (TPSA) is 89.7 Å². The van der Waals surface area contributed by atoms with Crippen molar-refractivity contribution in [3.8, 4) is 0 Å². The summed E-state index contributed by atoms with van der Waals surface area (Å²) in [7, 11) is -2.54. The number of esters is 1. The van der Waals surface area contributed by atoms with Gasteiger partial charge in [-0.3, -0.25) is 4.79 Å². The molecule has 0 saturated heterocycles. The van der Waals surface area contributed by atoms with E-state index in [0.717, 1.165) is 4.31 Å². The SMILES string of the molecule is CCCN(CC(=O)OC)S(=O)(=O)c1ccc(N)c(Br)c1. The third-order valence-corrected chi connectivity index (χ3v) is 5.14. The molecule has 0 heterocycles. The molecule has 0 aliphatic rings. The van der Waals surface area contributed by atoms with Crippen molar-refractivity contribution in [3.63, 3.8) is 0 Å². The van der Waals surface area contributed by atoms with E-state index in [-0.39, 0.29) is 18.0 Å². The molecule has 1 aromatic carbocycles. The molecule has 0 saturated carbocycles. The Morgan fingerprint density at radius 2 is 2.10 bits per heavy atom. The first-order valence-corrected chi connectivity index (χ1v) is 8.18. The Bertz CT molecular complexity index is 589. The molecule has 1 aromatic rings. The van der Waals surface area contributed by atoms with Crippen molar-refractivity contribution in [2.45, 2.75) is 18.2 Å². The van der Waals surface area contributed by atoms with Crippen molar-refractivity contribution in [1.29, 1.82) is 0 Å². The third kappa shape index (κ3) is 3.94. The number of carbonyl (C=O) groups excluding carboxylic acids is 1. The zero-order chi connectivity index (χ0) is 15.3. The van der Waals surface area contributed by atoms with Crippen molar-refractivity contribution in [3.05, 3.63) is 22.7 Å². The number of sulfonamides is 1. The van der Waals surface area contributed by atoms with Crippen LogP contribution >= 0.6 is 15.9 Å². The van der Waals surface area contributed by atoms with E-state index in [9.17, 15) is 13.2 Å². The minimum Gasteiger partial charge on any atom is -0.468 e. The van der Waals surface area contributed by atoms with Crippen LogP contribution in [0.25, 0.3) is 0 Å². The Kier molecular flexibility index (Phi) is 5.97. The minimum atomic E-state index is -3.76. The van der Waals surface area contributed by atoms with E-state index in [2.05, 4.69) is 20.7 Å². The van der Waals surface area contributed by atoms with Crippen LogP contribution in [-0.2, 0) is 19.6 Å². The Morgan fingerprint density at radius 1 is 1.45 bits per heavy atom. The van der Waals surface area contributed by atoms with Crippen molar-refractivity contribution < 1.29 is 17.9 Å². The van der Waals surface area contributed by atoms with Gasteiger partial charge in [0.2, 0.25) is 10.0 Å². The highest BCUT2D eigenvalue weighted by atomic mass is 79.9. The minimum absolute atomic E-state index is 0.0796. The molecule has 112 valence electrons. The molecule has 0 spiro atoms. The molecule has 1 rings (SSSR count). The average molecular weight is 365 g/mol. The van der Waals surface area contributed by atoms with E-state index in [1.807, 2.05) is 6.92 Å². The standard InChI is InChI=1S/C12H17BrN2O4S/c1-3-6-15(8-12(16)19-2)20(17,18)9-4-5-11(14)10(13)7-9/h4-5,7H,3,6,8,14H2,1-2H3. The maximum Gasteiger partial charge on any atom is 0.321 e. The monoisotopic (exact) mass is 364 g/mol. The molecule has 0 aliphatic carbocycles. The molecule has 0 aromatic heterocycles. The smallest absolute Gasteiger partial charge is 0.321 e. The predicted octanol–water partition coefficient (Wildman–Crippen LogP) is 1.60. The number of benzene rings is 1. The normalized spacial score (nSPS) is 11.6. The summed E-state index contributed by atoms with van der Waals surface area (Å²) in [5.74, 6) is -0.600. The molecule has 0 aliphatic heterocycles. The molecule has 0 atom stereocenters. The summed E-state index contributed by atoms with van der Waals surface area (Å²) >= 11 is 3.19. The number of ether oxygens (including phenoxy) is 1. The molecular formula is C12H17BrN2O4S. The fourth-order valence-electron chi connectivity index (χ4n) is 1.56. The first-order chi connectivity index (χ1) is 9.32. The van der Waals surface area contributed by atoms with Gasteiger partial charge in [-0.25, -0.2) is 8.42 Å². The van der Waals surface area contributed by atoms with E-state index in [0.29, 0.717) is 16.6 Å². The fourth-order valence-corrected chi connectivity index (χ4v) is 3.59. The van der Waals surface area contributed by atoms with Gasteiger partial charge in [0.25, 0.3) is 0 Å². The molecule has 6 nitrogen and oxygen atoms in total. The van der Waals surface area contributed by atoms with Gasteiger partial charge in [-0.05, 0) is 40.5 Å². The molecule has 0 bridgehead atoms. The first-order valence-electron chi connectivity index (χ1n) is 5.95. The van der Waals surface area contributed by atoms with Crippen molar-refractivity contribution in [2.24, 2.45) is 0 Å². The number of hydrogen-bond acceptors (Lipinski definition) is 5. The number of carbonyl (C=O) groups is 1. The number of methoxy groups -OCH3 is 1. The number of nitrogens with two attached hydrogens (primary N) is 1. The predicted molar refractivity (Wildman–Crippen MR) is 79.6 cm³/mol. The number of halogens is 1. The molecule has 0 unspecified atom stereocenters. The van der Waals surface area contributed by atoms with Crippen LogP contribution in [0.3, 0.4) is 0 Å². The lowest BCUT2D eigenvalue weighted by molar-refractivity contribution is -0.140. The zero-order valence-corrected chi connectivity index (χ0v) is 13.7. The summed E-state index contributed by atoms with van der Waals surface area (Å²) in [6.45, 7) is 1.76. The molecule has 0 amide bonds. The lowest BCUT2D eigenvalue weighted by Crippen LogP contribution is -2.36. The van der Waals surface area contributed by atoms with Crippen LogP contribution in [0.5, 0.6) is 0 Å². The summed E-state index contributed by atoms with van der Waals surface area (Å²) in [6.07, 6.45) is 0.590. The largest absolute Gasteiger partial charge is 0.468 e. The summed E-state index contributed by atoms with van der Waals surface area (Å²) in [6, 6.07) is 4.33. The zero-order valence-electron chi connectivity index (χ0n) is 11.3. The molecule has 0 radical (unpaired) electrons. The number of hydrogen-bond donors (Lipinski definition) is 1. The van der Waals surface area contributed by atoms with Crippen LogP contribution in [-0.4, -0.2) is 38.9 Å². The second-order valence-corrected chi connectivity index (χ2v) is 6.89. The summed E-state index contributed by atoms with van der Waals surface area (Å²) in [5.41, 5.74) is 6.08. The van der Waals surface area contributed by atoms with Crippen LogP contribution in [0.4, 0.5) is 5.69 Å². The highest BCUT2D eigenvalue weighted by Crippen LogP contribution is 2.25. The van der Waals surface area contributed by atoms with Gasteiger partial charge in [0, 0.05) is 16.7 Å². The van der Waals surface area contributed by atoms with Crippen LogP contribution in [0, 0.1) is 0 Å². The van der Waals surface area contributed by atoms with Crippen LogP contribution in [0.1, 0.15) is 13.3 Å². The van der Waals surface area contributed by atoms with Gasteiger partial charge in [0.15, 0.2) is 0 Å². The summed E-state index contributed by atoms with van der Waals surface area (Å²) < 4.78 is 31.1. The Hall–Kier alpha value is -1.12. The van der Waals surface area contributed by atoms with Crippen molar-refractivity contribution in [1.82, 2.24) is 4.31 Å². The first kappa shape index (κ1) is 16.9. The van der Waals surface area contributed by atoms with E-state index in [4.69, 9.17) is 5.73 Å². The maximum absolute atomic E-state index is 12.5. The van der Waals surface area contributed by atoms with Gasteiger partial charge in [-0.1, -0.05) is 6.92 Å². The number of nitrogen functional groups attached to an aromatic ring is 1. The van der Waals surface area contributed by atoms with E-state index in [1.165, 1.54) is 25.3 Å². The van der Waals surface area contributed by atoms with Crippen LogP contribution in [0.2, 0.25) is 0 Å². The number of anilines is 1. The Labute approximate surface area is 127 Å². The highest BCUT2D eigenvalue weighted by Gasteiger charge is 2.26. The van der Waals surface area contributed by atoms with Gasteiger partial charge in [-0.15, -0.1) is 0 Å². The second-order valence-electron chi connectivity index (χ2n) is 4.10. The lowest BCUT2D eigenvalue weighted by Gasteiger charge is -2.20. The van der Waals surface area contributed by atoms with E-state index in [1.54, 1.807) is 0 Å². The molecule has 2 N–H and O–H groups in total. The Balaban J connectivity index is 3.14. The average Bonchev–Trinajstić information content (AvgIpc) is 2.40. The molecule has 8 heteroatoms. The number of rotatable bonds is 6. The van der Waals surface area contributed by atoms with Gasteiger partial charge in [0.05, 0.1) is 12.0 Å². The third-order valence-electron chi connectivity index (χ3n) is 2.62. The summed E-state index contributed by atoms with van der Waals surface area (Å²) in [5, 5.41) is 0. The van der Waals surface area contributed by atoms with E-state index < -0.39 is 16.0 Å². The van der Waals surface area contributed by atoms with Crippen LogP contribution in [0.15, 0.2) is 27.6 Å². The number of nitrogens with zero attached hydrogens (tertiary/aromatic N) is 1. The van der Waals surface area contributed by atoms with Gasteiger partial charge >= 0.3 is 5.97 Å². The highest BCUT2D eigenvalue weighted by molar-refractivity contribution is 9.10. The fraction of sp³-hybridized carbons (Fsp3) is 0.417. The van der Waals surface area contributed by atoms with Gasteiger partial charge in [-0.2, -0.15) is 4.31 Å². The van der Waals surface area contributed by atoms with Gasteiger partial charge < -0.3 is 10.5 Å². The lowest BCUT2D eigenvalue weighted by atomic mass is 10.3. The van der Waals surface area contributed by atoms with Crippen LogP contribution < -0.4 is 5.73 Å². The van der Waals surface area contributed by atoms with Crippen molar-refractivity contribution in [2.75, 3.05) is 25.9 Å². The van der Waals surface area contributed by atoms with Crippen molar-refractivity contribution >= 4 is 37.6 Å². The molecular weight excluding hydrogens is 348 g/mol. The second kappa shape index (κ2) is 7.05. The Morgan fingerprint density at radius 3 is 2.60 bits per heavy atom. The molecule has 0 fully saturated rings. The summed E-state index contributed by atoms with van der Waals surface area (Å²) in [4.78, 5) is 11.4. The van der Waals surface area contributed by atoms with Gasteiger partial charge in [0.1, 0.15) is 6.54 Å². The maximum atomic E-state index is 12.5.